The van der Waals surface area contributed by atoms with Crippen LogP contribution in [0.4, 0.5) is 17.1 Å². The van der Waals surface area contributed by atoms with E-state index >= 15 is 0 Å². The van der Waals surface area contributed by atoms with Crippen LogP contribution in [0.2, 0.25) is 0 Å². The Morgan fingerprint density at radius 3 is 2.50 bits per heavy atom. The van der Waals surface area contributed by atoms with Crippen LogP contribution >= 0.6 is 11.3 Å². The third-order valence-corrected chi connectivity index (χ3v) is 6.31. The summed E-state index contributed by atoms with van der Waals surface area (Å²) >= 11 is 1.87. The summed E-state index contributed by atoms with van der Waals surface area (Å²) in [5.74, 6) is 1.03. The molecule has 4 aromatic rings. The number of para-hydroxylation sites is 1. The van der Waals surface area contributed by atoms with Gasteiger partial charge in [0.05, 0.1) is 23.1 Å². The molecule has 3 heteroatoms. The molecule has 0 saturated carbocycles. The third kappa shape index (κ3) is 1.70. The van der Waals surface area contributed by atoms with Gasteiger partial charge in [-0.05, 0) is 32.0 Å². The van der Waals surface area contributed by atoms with E-state index in [4.69, 9.17) is 4.42 Å². The summed E-state index contributed by atoms with van der Waals surface area (Å²) < 4.78 is 7.26. The van der Waals surface area contributed by atoms with Crippen LogP contribution in [-0.4, -0.2) is 0 Å². The van der Waals surface area contributed by atoms with Gasteiger partial charge < -0.3 is 9.32 Å². The average molecular weight is 331 g/mol. The van der Waals surface area contributed by atoms with Crippen molar-refractivity contribution in [1.82, 2.24) is 0 Å². The Bertz CT molecular complexity index is 1040. The molecule has 0 bridgehead atoms. The van der Waals surface area contributed by atoms with Gasteiger partial charge in [-0.3, -0.25) is 0 Å². The van der Waals surface area contributed by atoms with E-state index in [0.717, 1.165) is 11.4 Å². The number of hydrogen-bond donors (Lipinski definition) is 0. The number of benzene rings is 2. The molecule has 118 valence electrons. The molecule has 2 aromatic heterocycles. The molecule has 0 saturated heterocycles. The zero-order valence-corrected chi connectivity index (χ0v) is 14.4. The van der Waals surface area contributed by atoms with E-state index < -0.39 is 0 Å². The van der Waals surface area contributed by atoms with Crippen LogP contribution in [-0.2, 0) is 5.41 Å². The van der Waals surface area contributed by atoms with E-state index in [1.807, 2.05) is 11.3 Å². The minimum absolute atomic E-state index is 0.136. The smallest absolute Gasteiger partial charge is 0.138 e. The van der Waals surface area contributed by atoms with Gasteiger partial charge in [-0.1, -0.05) is 36.4 Å². The maximum absolute atomic E-state index is 5.94. The molecule has 2 nitrogen and oxygen atoms in total. The Hall–Kier alpha value is -2.52. The van der Waals surface area contributed by atoms with Crippen molar-refractivity contribution in [2.75, 3.05) is 4.90 Å². The Labute approximate surface area is 145 Å². The molecule has 0 atom stereocenters. The molecule has 0 N–H and O–H groups in total. The van der Waals surface area contributed by atoms with Crippen molar-refractivity contribution in [1.29, 1.82) is 0 Å². The Balaban J connectivity index is 1.91. The first-order valence-corrected chi connectivity index (χ1v) is 8.95. The summed E-state index contributed by atoms with van der Waals surface area (Å²) in [7, 11) is 0. The van der Waals surface area contributed by atoms with E-state index in [2.05, 4.69) is 79.4 Å². The lowest BCUT2D eigenvalue weighted by atomic mass is 9.83. The fourth-order valence-electron chi connectivity index (χ4n) is 3.69. The van der Waals surface area contributed by atoms with Crippen LogP contribution in [0.1, 0.15) is 24.5 Å². The van der Waals surface area contributed by atoms with E-state index in [-0.39, 0.29) is 5.41 Å². The summed E-state index contributed by atoms with van der Waals surface area (Å²) in [5.41, 5.74) is 3.46. The molecule has 3 heterocycles. The third-order valence-electron chi connectivity index (χ3n) is 4.83. The van der Waals surface area contributed by atoms with Crippen LogP contribution < -0.4 is 4.90 Å². The van der Waals surface area contributed by atoms with Crippen molar-refractivity contribution in [3.05, 3.63) is 77.6 Å². The average Bonchev–Trinajstić information content (AvgIpc) is 3.23. The maximum atomic E-state index is 5.94. The molecule has 5 rings (SSSR count). The Morgan fingerprint density at radius 1 is 0.917 bits per heavy atom. The summed E-state index contributed by atoms with van der Waals surface area (Å²) in [6.07, 6.45) is 1.81. The second-order valence-corrected chi connectivity index (χ2v) is 7.76. The zero-order chi connectivity index (χ0) is 16.3. The molecule has 1 aliphatic rings. The fraction of sp³-hybridized carbons (Fsp3) is 0.143. The van der Waals surface area contributed by atoms with Crippen LogP contribution in [0, 0.1) is 0 Å². The van der Waals surface area contributed by atoms with Crippen LogP contribution in [0.15, 0.2) is 71.3 Å². The van der Waals surface area contributed by atoms with E-state index in [9.17, 15) is 0 Å². The molecule has 0 radical (unpaired) electrons. The molecule has 0 aliphatic carbocycles. The first-order valence-electron chi connectivity index (χ1n) is 8.13. The molecule has 1 aliphatic heterocycles. The zero-order valence-electron chi connectivity index (χ0n) is 13.6. The number of rotatable bonds is 1. The number of nitrogens with zero attached hydrogens (tertiary/aromatic N) is 1. The van der Waals surface area contributed by atoms with Gasteiger partial charge in [0.25, 0.3) is 0 Å². The fourth-order valence-corrected chi connectivity index (χ4v) is 4.98. The lowest BCUT2D eigenvalue weighted by Gasteiger charge is -2.36. The number of furan rings is 1. The van der Waals surface area contributed by atoms with Crippen molar-refractivity contribution in [3.8, 4) is 0 Å². The molecule has 0 unspecified atom stereocenters. The molecular weight excluding hydrogens is 314 g/mol. The van der Waals surface area contributed by atoms with Gasteiger partial charge in [-0.25, -0.2) is 0 Å². The van der Waals surface area contributed by atoms with Crippen LogP contribution in [0.3, 0.4) is 0 Å². The van der Waals surface area contributed by atoms with Gasteiger partial charge in [0.15, 0.2) is 0 Å². The summed E-state index contributed by atoms with van der Waals surface area (Å²) in [5, 5.41) is 1.31. The topological polar surface area (TPSA) is 16.4 Å². The first kappa shape index (κ1) is 13.9. The largest absolute Gasteiger partial charge is 0.466 e. The van der Waals surface area contributed by atoms with E-state index in [1.54, 1.807) is 6.26 Å². The molecule has 2 aromatic carbocycles. The summed E-state index contributed by atoms with van der Waals surface area (Å²) in [4.78, 5) is 3.70. The summed E-state index contributed by atoms with van der Waals surface area (Å²) in [6, 6.07) is 21.3. The lowest BCUT2D eigenvalue weighted by Crippen LogP contribution is -2.28. The predicted molar refractivity (Wildman–Crippen MR) is 101 cm³/mol. The molecule has 24 heavy (non-hydrogen) atoms. The second kappa shape index (κ2) is 4.74. The van der Waals surface area contributed by atoms with Crippen LogP contribution in [0.25, 0.3) is 10.1 Å². The van der Waals surface area contributed by atoms with Gasteiger partial charge in [-0.15, -0.1) is 11.3 Å². The highest BCUT2D eigenvalue weighted by Gasteiger charge is 2.42. The minimum Gasteiger partial charge on any atom is -0.466 e. The Kier molecular flexibility index (Phi) is 2.74. The standard InChI is InChI=1S/C21H17NOS/c1-21(2)19-16(12-13-23-19)22(14-8-4-3-5-9-14)18-15-10-6-7-11-17(15)24-20(18)21/h3-13H,1-2H3. The van der Waals surface area contributed by atoms with Crippen molar-refractivity contribution in [3.63, 3.8) is 0 Å². The number of fused-ring (bicyclic) bond motifs is 4. The molecule has 0 amide bonds. The van der Waals surface area contributed by atoms with Gasteiger partial charge in [0, 0.05) is 26.7 Å². The highest BCUT2D eigenvalue weighted by molar-refractivity contribution is 7.20. The number of hydrogen-bond acceptors (Lipinski definition) is 3. The first-order chi connectivity index (χ1) is 11.7. The van der Waals surface area contributed by atoms with Gasteiger partial charge in [0.2, 0.25) is 0 Å². The van der Waals surface area contributed by atoms with Crippen molar-refractivity contribution in [2.45, 2.75) is 19.3 Å². The predicted octanol–water partition coefficient (Wildman–Crippen LogP) is 6.60. The van der Waals surface area contributed by atoms with Gasteiger partial charge in [-0.2, -0.15) is 0 Å². The van der Waals surface area contributed by atoms with Gasteiger partial charge in [0.1, 0.15) is 5.76 Å². The minimum atomic E-state index is -0.136. The quantitative estimate of drug-likeness (QED) is 0.390. The molecule has 0 spiro atoms. The second-order valence-electron chi connectivity index (χ2n) is 6.71. The molecule has 0 fully saturated rings. The van der Waals surface area contributed by atoms with Crippen molar-refractivity contribution < 1.29 is 4.42 Å². The van der Waals surface area contributed by atoms with Crippen molar-refractivity contribution in [2.24, 2.45) is 0 Å². The maximum Gasteiger partial charge on any atom is 0.138 e. The van der Waals surface area contributed by atoms with Crippen LogP contribution in [0.5, 0.6) is 0 Å². The Morgan fingerprint density at radius 2 is 1.67 bits per heavy atom. The highest BCUT2D eigenvalue weighted by atomic mass is 32.1. The molecular formula is C21H17NOS. The van der Waals surface area contributed by atoms with Crippen molar-refractivity contribution >= 4 is 38.5 Å². The van der Waals surface area contributed by atoms with Gasteiger partial charge >= 0.3 is 0 Å². The normalized spacial score (nSPS) is 15.3. The number of thiophene rings is 1. The number of anilines is 3. The SMILES string of the molecule is CC1(C)c2occc2N(c2ccccc2)c2c1sc1ccccc21. The lowest BCUT2D eigenvalue weighted by molar-refractivity contribution is 0.432. The highest BCUT2D eigenvalue weighted by Crippen LogP contribution is 2.57. The summed E-state index contributed by atoms with van der Waals surface area (Å²) in [6.45, 7) is 4.51. The monoisotopic (exact) mass is 331 g/mol. The van der Waals surface area contributed by atoms with E-state index in [0.29, 0.717) is 0 Å². The van der Waals surface area contributed by atoms with E-state index in [1.165, 1.54) is 26.3 Å².